The third kappa shape index (κ3) is 2.51. The molecule has 0 fully saturated rings. The molecule has 5 heteroatoms. The second-order valence-electron chi connectivity index (χ2n) is 4.63. The Hall–Kier alpha value is -1.37. The quantitative estimate of drug-likeness (QED) is 0.785. The van der Waals surface area contributed by atoms with Gasteiger partial charge in [0.25, 0.3) is 5.56 Å². The summed E-state index contributed by atoms with van der Waals surface area (Å²) in [4.78, 5) is 20.8. The maximum absolute atomic E-state index is 11.7. The largest absolute Gasteiger partial charge is 0.355 e. The molecule has 1 N–H and O–H groups in total. The van der Waals surface area contributed by atoms with E-state index in [1.165, 1.54) is 17.5 Å². The summed E-state index contributed by atoms with van der Waals surface area (Å²) in [7, 11) is 0. The fraction of sp³-hybridized carbons (Fsp3) is 0.286. The maximum Gasteiger partial charge on any atom is 0.266 e. The molecule has 3 rings (SSSR count). The topological polar surface area (TPSA) is 49.0 Å². The molecule has 19 heavy (non-hydrogen) atoms. The van der Waals surface area contributed by atoms with Crippen molar-refractivity contribution in [3.63, 3.8) is 0 Å². The van der Waals surface area contributed by atoms with Gasteiger partial charge in [0.2, 0.25) is 0 Å². The number of aromatic nitrogens is 2. The van der Waals surface area contributed by atoms with Crippen LogP contribution in [0.4, 0.5) is 5.82 Å². The molecule has 2 aromatic rings. The van der Waals surface area contributed by atoms with Crippen LogP contribution >= 0.6 is 22.6 Å². The lowest BCUT2D eigenvalue weighted by Crippen LogP contribution is -2.30. The molecule has 0 saturated heterocycles. The molecule has 1 aliphatic heterocycles. The first-order valence-corrected chi connectivity index (χ1v) is 7.38. The molecule has 0 aliphatic carbocycles. The maximum atomic E-state index is 11.7. The molecule has 0 spiro atoms. The van der Waals surface area contributed by atoms with Gasteiger partial charge in [-0.25, -0.2) is 4.98 Å². The second kappa shape index (κ2) is 5.32. The van der Waals surface area contributed by atoms with Crippen molar-refractivity contribution in [1.82, 2.24) is 9.97 Å². The fourth-order valence-corrected chi connectivity index (χ4v) is 3.11. The van der Waals surface area contributed by atoms with Gasteiger partial charge in [0.05, 0.1) is 6.33 Å². The van der Waals surface area contributed by atoms with E-state index in [0.29, 0.717) is 3.57 Å². The van der Waals surface area contributed by atoms with Crippen molar-refractivity contribution < 1.29 is 0 Å². The van der Waals surface area contributed by atoms with Gasteiger partial charge in [-0.3, -0.25) is 4.79 Å². The van der Waals surface area contributed by atoms with Crippen molar-refractivity contribution in [2.75, 3.05) is 18.0 Å². The summed E-state index contributed by atoms with van der Waals surface area (Å²) < 4.78 is 0.672. The van der Waals surface area contributed by atoms with Crippen LogP contribution in [0.2, 0.25) is 0 Å². The van der Waals surface area contributed by atoms with E-state index in [0.717, 1.165) is 31.7 Å². The molecule has 1 aromatic carbocycles. The first kappa shape index (κ1) is 12.7. The zero-order valence-electron chi connectivity index (χ0n) is 10.4. The Kier molecular flexibility index (Phi) is 3.54. The molecule has 0 radical (unpaired) electrons. The van der Waals surface area contributed by atoms with Crippen LogP contribution in [0.5, 0.6) is 0 Å². The highest BCUT2D eigenvalue weighted by atomic mass is 127. The Morgan fingerprint density at radius 3 is 2.42 bits per heavy atom. The Balaban J connectivity index is 1.90. The highest BCUT2D eigenvalue weighted by molar-refractivity contribution is 14.1. The Bertz CT molecular complexity index is 626. The molecule has 1 aromatic heterocycles. The van der Waals surface area contributed by atoms with Crippen LogP contribution in [-0.4, -0.2) is 23.1 Å². The van der Waals surface area contributed by atoms with Gasteiger partial charge in [-0.2, -0.15) is 0 Å². The summed E-state index contributed by atoms with van der Waals surface area (Å²) in [5.41, 5.74) is 2.75. The van der Waals surface area contributed by atoms with Crippen molar-refractivity contribution in [2.45, 2.75) is 12.8 Å². The molecule has 98 valence electrons. The minimum atomic E-state index is -0.0626. The molecule has 4 nitrogen and oxygen atoms in total. The number of H-pyrrole nitrogens is 1. The molecule has 0 amide bonds. The van der Waals surface area contributed by atoms with E-state index in [4.69, 9.17) is 0 Å². The van der Waals surface area contributed by atoms with Gasteiger partial charge in [0, 0.05) is 13.1 Å². The number of hydrogen-bond donors (Lipinski definition) is 1. The lowest BCUT2D eigenvalue weighted by Gasteiger charge is -2.21. The number of halogens is 1. The van der Waals surface area contributed by atoms with E-state index in [1.54, 1.807) is 0 Å². The highest BCUT2D eigenvalue weighted by Gasteiger charge is 2.17. The van der Waals surface area contributed by atoms with E-state index < -0.39 is 0 Å². The van der Waals surface area contributed by atoms with Gasteiger partial charge in [-0.15, -0.1) is 0 Å². The van der Waals surface area contributed by atoms with Crippen LogP contribution in [0.25, 0.3) is 0 Å². The zero-order valence-corrected chi connectivity index (χ0v) is 12.6. The van der Waals surface area contributed by atoms with Crippen LogP contribution < -0.4 is 10.5 Å². The van der Waals surface area contributed by atoms with E-state index in [2.05, 4.69) is 61.7 Å². The Morgan fingerprint density at radius 1 is 1.16 bits per heavy atom. The highest BCUT2D eigenvalue weighted by Crippen LogP contribution is 2.21. The van der Waals surface area contributed by atoms with Crippen LogP contribution in [0.3, 0.4) is 0 Å². The number of rotatable bonds is 1. The van der Waals surface area contributed by atoms with Crippen molar-refractivity contribution in [1.29, 1.82) is 0 Å². The van der Waals surface area contributed by atoms with Gasteiger partial charge in [0.1, 0.15) is 9.39 Å². The molecule has 1 aliphatic rings. The standard InChI is InChI=1S/C14H14IN3O/c15-12-13(16-9-17-14(12)19)18-7-5-10-3-1-2-4-11(10)6-8-18/h1-4,9H,5-8H2,(H,16,17,19). The first-order chi connectivity index (χ1) is 9.25. The third-order valence-electron chi connectivity index (χ3n) is 3.50. The smallest absolute Gasteiger partial charge is 0.266 e. The van der Waals surface area contributed by atoms with Crippen LogP contribution in [0, 0.1) is 3.57 Å². The molecule has 0 unspecified atom stereocenters. The van der Waals surface area contributed by atoms with Gasteiger partial charge in [-0.05, 0) is 46.6 Å². The van der Waals surface area contributed by atoms with Gasteiger partial charge in [-0.1, -0.05) is 24.3 Å². The number of nitrogens with one attached hydrogen (secondary N) is 1. The Labute approximate surface area is 125 Å². The lowest BCUT2D eigenvalue weighted by atomic mass is 10.0. The molecule has 0 saturated carbocycles. The number of benzene rings is 1. The predicted molar refractivity (Wildman–Crippen MR) is 83.6 cm³/mol. The van der Waals surface area contributed by atoms with Crippen LogP contribution in [-0.2, 0) is 12.8 Å². The van der Waals surface area contributed by atoms with E-state index in [-0.39, 0.29) is 5.56 Å². The number of anilines is 1. The Morgan fingerprint density at radius 2 is 1.79 bits per heavy atom. The summed E-state index contributed by atoms with van der Waals surface area (Å²) >= 11 is 2.07. The minimum absolute atomic E-state index is 0.0626. The van der Waals surface area contributed by atoms with E-state index >= 15 is 0 Å². The average molecular weight is 367 g/mol. The van der Waals surface area contributed by atoms with Crippen molar-refractivity contribution >= 4 is 28.4 Å². The SMILES string of the molecule is O=c1[nH]cnc(N2CCc3ccccc3CC2)c1I. The minimum Gasteiger partial charge on any atom is -0.355 e. The second-order valence-corrected chi connectivity index (χ2v) is 5.70. The van der Waals surface area contributed by atoms with Gasteiger partial charge in [0.15, 0.2) is 0 Å². The number of fused-ring (bicyclic) bond motifs is 1. The molecule has 2 heterocycles. The summed E-state index contributed by atoms with van der Waals surface area (Å²) in [6.45, 7) is 1.81. The number of nitrogens with zero attached hydrogens (tertiary/aromatic N) is 2. The summed E-state index contributed by atoms with van der Waals surface area (Å²) in [5.74, 6) is 0.803. The summed E-state index contributed by atoms with van der Waals surface area (Å²) in [6.07, 6.45) is 3.49. The number of aromatic amines is 1. The van der Waals surface area contributed by atoms with Crippen molar-refractivity contribution in [2.24, 2.45) is 0 Å². The zero-order chi connectivity index (χ0) is 13.2. The normalized spacial score (nSPS) is 14.9. The predicted octanol–water partition coefficient (Wildman–Crippen LogP) is 1.98. The molecular weight excluding hydrogens is 353 g/mol. The van der Waals surface area contributed by atoms with Crippen molar-refractivity contribution in [3.05, 3.63) is 55.6 Å². The average Bonchev–Trinajstić information content (AvgIpc) is 2.65. The fourth-order valence-electron chi connectivity index (χ4n) is 2.47. The number of hydrogen-bond acceptors (Lipinski definition) is 3. The van der Waals surface area contributed by atoms with Crippen LogP contribution in [0.15, 0.2) is 35.4 Å². The van der Waals surface area contributed by atoms with Gasteiger partial charge < -0.3 is 9.88 Å². The first-order valence-electron chi connectivity index (χ1n) is 6.30. The van der Waals surface area contributed by atoms with E-state index in [9.17, 15) is 4.79 Å². The van der Waals surface area contributed by atoms with Crippen LogP contribution in [0.1, 0.15) is 11.1 Å². The third-order valence-corrected chi connectivity index (χ3v) is 4.47. The molecular formula is C14H14IN3O. The summed E-state index contributed by atoms with van der Waals surface area (Å²) in [5, 5.41) is 0. The summed E-state index contributed by atoms with van der Waals surface area (Å²) in [6, 6.07) is 8.55. The monoisotopic (exact) mass is 367 g/mol. The van der Waals surface area contributed by atoms with E-state index in [1.807, 2.05) is 0 Å². The van der Waals surface area contributed by atoms with Gasteiger partial charge >= 0.3 is 0 Å². The van der Waals surface area contributed by atoms with Crippen molar-refractivity contribution in [3.8, 4) is 0 Å². The molecule has 0 bridgehead atoms. The lowest BCUT2D eigenvalue weighted by molar-refractivity contribution is 0.782. The molecule has 0 atom stereocenters.